The molecule has 2 N–H and O–H groups in total. The Morgan fingerprint density at radius 3 is 2.31 bits per heavy atom. The molecule has 0 radical (unpaired) electrons. The topological polar surface area (TPSA) is 127 Å². The molecule has 1 heterocycles. The van der Waals surface area contributed by atoms with Gasteiger partial charge in [-0.25, -0.2) is 17.8 Å². The highest BCUT2D eigenvalue weighted by molar-refractivity contribution is 7.90. The van der Waals surface area contributed by atoms with E-state index in [0.717, 1.165) is 11.6 Å². The van der Waals surface area contributed by atoms with Crippen LogP contribution in [0.15, 0.2) is 46.1 Å². The molecule has 1 aromatic heterocycles. The molecule has 10 heteroatoms. The maximum atomic E-state index is 12.3. The van der Waals surface area contributed by atoms with Gasteiger partial charge in [0.25, 0.3) is 15.6 Å². The summed E-state index contributed by atoms with van der Waals surface area (Å²) in [5, 5.41) is 6.62. The van der Waals surface area contributed by atoms with E-state index in [2.05, 4.69) is 10.4 Å². The maximum Gasteiger partial charge on any atom is 0.267 e. The van der Waals surface area contributed by atoms with E-state index in [1.165, 1.54) is 37.3 Å². The molecule has 2 aromatic rings. The molecule has 26 heavy (non-hydrogen) atoms. The summed E-state index contributed by atoms with van der Waals surface area (Å²) in [5.74, 6) is -1.19. The van der Waals surface area contributed by atoms with Gasteiger partial charge in [-0.15, -0.1) is 0 Å². The van der Waals surface area contributed by atoms with E-state index in [1.807, 2.05) is 4.72 Å². The SMILES string of the molecule is CC(=O)NS(=O)(=O)c1ccc(NC(=O)C(C)n2nc(C)ccc2=O)cc1. The molecule has 1 atom stereocenters. The predicted molar refractivity (Wildman–Crippen MR) is 94.0 cm³/mol. The summed E-state index contributed by atoms with van der Waals surface area (Å²) in [4.78, 5) is 35.0. The Morgan fingerprint density at radius 2 is 1.73 bits per heavy atom. The fourth-order valence-corrected chi connectivity index (χ4v) is 3.11. The van der Waals surface area contributed by atoms with Crippen molar-refractivity contribution < 1.29 is 18.0 Å². The second-order valence-electron chi connectivity index (χ2n) is 5.61. The van der Waals surface area contributed by atoms with E-state index in [9.17, 15) is 22.8 Å². The van der Waals surface area contributed by atoms with Crippen LogP contribution in [0.4, 0.5) is 5.69 Å². The van der Waals surface area contributed by atoms with Crippen LogP contribution < -0.4 is 15.6 Å². The van der Waals surface area contributed by atoms with Crippen molar-refractivity contribution in [1.29, 1.82) is 0 Å². The van der Waals surface area contributed by atoms with E-state index >= 15 is 0 Å². The molecule has 138 valence electrons. The zero-order chi connectivity index (χ0) is 19.5. The van der Waals surface area contributed by atoms with E-state index in [0.29, 0.717) is 11.4 Å². The average Bonchev–Trinajstić information content (AvgIpc) is 2.55. The van der Waals surface area contributed by atoms with Gasteiger partial charge in [-0.2, -0.15) is 5.10 Å². The number of aromatic nitrogens is 2. The molecule has 0 spiro atoms. The third kappa shape index (κ3) is 4.54. The summed E-state index contributed by atoms with van der Waals surface area (Å²) in [7, 11) is -3.94. The number of benzene rings is 1. The summed E-state index contributed by atoms with van der Waals surface area (Å²) in [5.41, 5.74) is 0.524. The molecule has 0 saturated heterocycles. The molecule has 1 unspecified atom stereocenters. The van der Waals surface area contributed by atoms with Crippen LogP contribution in [0.1, 0.15) is 25.6 Å². The number of sulfonamides is 1. The maximum absolute atomic E-state index is 12.3. The number of carbonyl (C=O) groups is 2. The first-order valence-electron chi connectivity index (χ1n) is 7.61. The van der Waals surface area contributed by atoms with Gasteiger partial charge in [-0.3, -0.25) is 14.4 Å². The van der Waals surface area contributed by atoms with Gasteiger partial charge < -0.3 is 5.32 Å². The molecule has 0 aliphatic heterocycles. The Balaban J connectivity index is 2.16. The highest BCUT2D eigenvalue weighted by Crippen LogP contribution is 2.15. The number of aryl methyl sites for hydroxylation is 1. The molecule has 0 aliphatic carbocycles. The summed E-state index contributed by atoms with van der Waals surface area (Å²) in [6, 6.07) is 7.29. The predicted octanol–water partition coefficient (Wildman–Crippen LogP) is 0.576. The highest BCUT2D eigenvalue weighted by atomic mass is 32.2. The smallest absolute Gasteiger partial charge is 0.267 e. The van der Waals surface area contributed by atoms with Crippen LogP contribution in [0.5, 0.6) is 0 Å². The Bertz CT molecular complexity index is 996. The lowest BCUT2D eigenvalue weighted by molar-refractivity contribution is -0.119. The lowest BCUT2D eigenvalue weighted by Gasteiger charge is -2.14. The first-order valence-corrected chi connectivity index (χ1v) is 9.09. The zero-order valence-corrected chi connectivity index (χ0v) is 15.2. The zero-order valence-electron chi connectivity index (χ0n) is 14.4. The first-order chi connectivity index (χ1) is 12.1. The molecule has 0 aliphatic rings. The minimum absolute atomic E-state index is 0.115. The van der Waals surface area contributed by atoms with E-state index in [-0.39, 0.29) is 4.90 Å². The number of nitrogens with zero attached hydrogens (tertiary/aromatic N) is 2. The average molecular weight is 378 g/mol. The number of anilines is 1. The molecule has 0 bridgehead atoms. The van der Waals surface area contributed by atoms with Crippen molar-refractivity contribution in [3.63, 3.8) is 0 Å². The Hall–Kier alpha value is -3.01. The minimum Gasteiger partial charge on any atom is -0.324 e. The Morgan fingerprint density at radius 1 is 1.12 bits per heavy atom. The van der Waals surface area contributed by atoms with Gasteiger partial charge in [-0.1, -0.05) is 0 Å². The molecular formula is C16H18N4O5S. The summed E-state index contributed by atoms with van der Waals surface area (Å²) < 4.78 is 26.7. The van der Waals surface area contributed by atoms with Crippen LogP contribution in [0, 0.1) is 6.92 Å². The van der Waals surface area contributed by atoms with Gasteiger partial charge in [0.1, 0.15) is 6.04 Å². The molecule has 9 nitrogen and oxygen atoms in total. The van der Waals surface area contributed by atoms with Crippen LogP contribution in [0.2, 0.25) is 0 Å². The van der Waals surface area contributed by atoms with Crippen LogP contribution in [-0.4, -0.2) is 30.0 Å². The number of nitrogens with one attached hydrogen (secondary N) is 2. The number of rotatable bonds is 5. The number of carbonyl (C=O) groups excluding carboxylic acids is 2. The van der Waals surface area contributed by atoms with Crippen molar-refractivity contribution in [2.45, 2.75) is 31.7 Å². The quantitative estimate of drug-likeness (QED) is 0.783. The van der Waals surface area contributed by atoms with Crippen LogP contribution in [-0.2, 0) is 19.6 Å². The second kappa shape index (κ2) is 7.48. The molecular weight excluding hydrogens is 360 g/mol. The summed E-state index contributed by atoms with van der Waals surface area (Å²) in [6.45, 7) is 4.32. The fraction of sp³-hybridized carbons (Fsp3) is 0.250. The van der Waals surface area contributed by atoms with Gasteiger partial charge in [0, 0.05) is 18.7 Å². The first kappa shape index (κ1) is 19.3. The van der Waals surface area contributed by atoms with Crippen molar-refractivity contribution in [1.82, 2.24) is 14.5 Å². The van der Waals surface area contributed by atoms with E-state index < -0.39 is 33.4 Å². The van der Waals surface area contributed by atoms with Gasteiger partial charge >= 0.3 is 0 Å². The Kier molecular flexibility index (Phi) is 5.56. The van der Waals surface area contributed by atoms with Crippen molar-refractivity contribution in [3.05, 3.63) is 52.4 Å². The number of hydrogen-bond acceptors (Lipinski definition) is 6. The monoisotopic (exact) mass is 378 g/mol. The molecule has 0 fully saturated rings. The minimum atomic E-state index is -3.94. The summed E-state index contributed by atoms with van der Waals surface area (Å²) in [6.07, 6.45) is 0. The van der Waals surface area contributed by atoms with Gasteiger partial charge in [0.2, 0.25) is 11.8 Å². The van der Waals surface area contributed by atoms with Gasteiger partial charge in [0.15, 0.2) is 0 Å². The molecule has 0 saturated carbocycles. The van der Waals surface area contributed by atoms with Crippen molar-refractivity contribution >= 4 is 27.5 Å². The molecule has 2 amide bonds. The number of hydrogen-bond donors (Lipinski definition) is 2. The lowest BCUT2D eigenvalue weighted by Crippen LogP contribution is -2.33. The van der Waals surface area contributed by atoms with E-state index in [4.69, 9.17) is 0 Å². The highest BCUT2D eigenvalue weighted by Gasteiger charge is 2.19. The van der Waals surface area contributed by atoms with Gasteiger partial charge in [0.05, 0.1) is 10.6 Å². The fourth-order valence-electron chi connectivity index (χ4n) is 2.12. The molecule has 2 rings (SSSR count). The number of amides is 2. The van der Waals surface area contributed by atoms with Gasteiger partial charge in [-0.05, 0) is 44.2 Å². The van der Waals surface area contributed by atoms with Crippen molar-refractivity contribution in [2.24, 2.45) is 0 Å². The normalized spacial score (nSPS) is 12.3. The lowest BCUT2D eigenvalue weighted by atomic mass is 10.2. The third-order valence-corrected chi connectivity index (χ3v) is 4.86. The largest absolute Gasteiger partial charge is 0.324 e. The standard InChI is InChI=1S/C16H18N4O5S/c1-10-4-9-15(22)20(18-10)11(2)16(23)17-13-5-7-14(8-6-13)26(24,25)19-12(3)21/h4-9,11H,1-3H3,(H,17,23)(H,19,21). The van der Waals surface area contributed by atoms with Crippen molar-refractivity contribution in [3.8, 4) is 0 Å². The van der Waals surface area contributed by atoms with E-state index in [1.54, 1.807) is 13.0 Å². The van der Waals surface area contributed by atoms with Crippen LogP contribution >= 0.6 is 0 Å². The molecule has 1 aromatic carbocycles. The third-order valence-electron chi connectivity index (χ3n) is 3.41. The second-order valence-corrected chi connectivity index (χ2v) is 7.29. The van der Waals surface area contributed by atoms with Crippen LogP contribution in [0.3, 0.4) is 0 Å². The van der Waals surface area contributed by atoms with Crippen molar-refractivity contribution in [2.75, 3.05) is 5.32 Å². The summed E-state index contributed by atoms with van der Waals surface area (Å²) >= 11 is 0. The Labute approximate surface area is 150 Å². The van der Waals surface area contributed by atoms with Crippen LogP contribution in [0.25, 0.3) is 0 Å².